The highest BCUT2D eigenvalue weighted by Crippen LogP contribution is 2.31. The summed E-state index contributed by atoms with van der Waals surface area (Å²) in [5.41, 5.74) is 3.14. The Morgan fingerprint density at radius 2 is 0.846 bits per heavy atom. The summed E-state index contributed by atoms with van der Waals surface area (Å²) in [6.07, 6.45) is 3.48. The fourth-order valence-corrected chi connectivity index (χ4v) is 7.28. The molecule has 52 heavy (non-hydrogen) atoms. The van der Waals surface area contributed by atoms with Gasteiger partial charge < -0.3 is 18.6 Å². The maximum Gasteiger partial charge on any atom is 0.333 e. The number of aryl methyl sites for hydroxylation is 2. The first-order chi connectivity index (χ1) is 25.5. The highest BCUT2D eigenvalue weighted by atomic mass is 16.5. The lowest BCUT2D eigenvalue weighted by Gasteiger charge is -2.14. The molecular formula is C42H39N5O5. The fourth-order valence-electron chi connectivity index (χ4n) is 7.28. The fraction of sp³-hybridized carbons (Fsp3) is 0.214. The second kappa shape index (κ2) is 14.5. The molecule has 0 fully saturated rings. The molecule has 0 aliphatic heterocycles. The van der Waals surface area contributed by atoms with E-state index in [1.165, 1.54) is 43.6 Å². The Bertz CT molecular complexity index is 2430. The lowest BCUT2D eigenvalue weighted by molar-refractivity contribution is 0.288. The van der Waals surface area contributed by atoms with E-state index in [0.717, 1.165) is 43.3 Å². The minimum atomic E-state index is -0.839. The van der Waals surface area contributed by atoms with Crippen molar-refractivity contribution in [1.29, 1.82) is 0 Å². The Balaban J connectivity index is 0.937. The Morgan fingerprint density at radius 3 is 1.25 bits per heavy atom. The van der Waals surface area contributed by atoms with E-state index >= 15 is 0 Å². The Morgan fingerprint density at radius 1 is 0.462 bits per heavy atom. The molecule has 0 bridgehead atoms. The molecule has 10 nitrogen and oxygen atoms in total. The van der Waals surface area contributed by atoms with Crippen LogP contribution < -0.4 is 26.5 Å². The molecule has 2 N–H and O–H groups in total. The molecule has 5 aromatic carbocycles. The molecule has 0 spiro atoms. The highest BCUT2D eigenvalue weighted by molar-refractivity contribution is 6.08. The number of ether oxygens (including phenoxy) is 2. The molecule has 0 aliphatic carbocycles. The number of nitrogens with zero attached hydrogens (tertiary/aromatic N) is 3. The molecule has 8 rings (SSSR count). The van der Waals surface area contributed by atoms with Gasteiger partial charge in [-0.1, -0.05) is 72.8 Å². The smallest absolute Gasteiger partial charge is 0.333 e. The second-order valence-corrected chi connectivity index (χ2v) is 13.1. The average Bonchev–Trinajstić information content (AvgIpc) is 3.65. The molecule has 0 unspecified atom stereocenters. The monoisotopic (exact) mass is 693 g/mol. The number of aromatic amines is 2. The van der Waals surface area contributed by atoms with Crippen LogP contribution in [0, 0.1) is 0 Å². The minimum absolute atomic E-state index is 0.0555. The zero-order valence-corrected chi connectivity index (χ0v) is 28.7. The van der Waals surface area contributed by atoms with Gasteiger partial charge in [-0.15, -0.1) is 0 Å². The number of hydrogen-bond donors (Lipinski definition) is 2. The normalized spacial score (nSPS) is 11.6. The Kier molecular flexibility index (Phi) is 9.18. The summed E-state index contributed by atoms with van der Waals surface area (Å²) in [6.45, 7) is 2.63. The first-order valence-electron chi connectivity index (χ1n) is 17.8. The van der Waals surface area contributed by atoms with Crippen molar-refractivity contribution in [2.75, 3.05) is 13.2 Å². The van der Waals surface area contributed by atoms with E-state index in [1.807, 2.05) is 6.07 Å². The number of aromatic nitrogens is 5. The van der Waals surface area contributed by atoms with E-state index in [1.54, 1.807) is 12.1 Å². The predicted molar refractivity (Wildman–Crippen MR) is 206 cm³/mol. The summed E-state index contributed by atoms with van der Waals surface area (Å²) in [5.74, 6) is 1.17. The number of para-hydroxylation sites is 4. The summed E-state index contributed by atoms with van der Waals surface area (Å²) in [6, 6.07) is 39.4. The molecule has 0 amide bonds. The van der Waals surface area contributed by atoms with Crippen molar-refractivity contribution in [3.63, 3.8) is 0 Å². The molecule has 262 valence electrons. The van der Waals surface area contributed by atoms with Crippen molar-refractivity contribution in [2.45, 2.75) is 45.3 Å². The molecule has 0 saturated carbocycles. The largest absolute Gasteiger partial charge is 0.493 e. The Hall–Kier alpha value is -6.29. The van der Waals surface area contributed by atoms with Crippen LogP contribution in [0.25, 0.3) is 43.6 Å². The summed E-state index contributed by atoms with van der Waals surface area (Å²) in [4.78, 5) is 40.8. The number of hydrogen-bond acceptors (Lipinski definition) is 5. The predicted octanol–water partition coefficient (Wildman–Crippen LogP) is 7.21. The van der Waals surface area contributed by atoms with Gasteiger partial charge in [0, 0.05) is 62.8 Å². The molecule has 0 aliphatic rings. The third-order valence-corrected chi connectivity index (χ3v) is 9.66. The van der Waals surface area contributed by atoms with E-state index in [9.17, 15) is 14.4 Å². The van der Waals surface area contributed by atoms with Gasteiger partial charge in [0.1, 0.15) is 11.5 Å². The van der Waals surface area contributed by atoms with Gasteiger partial charge in [-0.2, -0.15) is 0 Å². The maximum atomic E-state index is 12.5. The average molecular weight is 694 g/mol. The van der Waals surface area contributed by atoms with Gasteiger partial charge in [0.15, 0.2) is 0 Å². The van der Waals surface area contributed by atoms with Crippen LogP contribution in [0.4, 0.5) is 0 Å². The molecule has 10 heteroatoms. The third kappa shape index (κ3) is 6.62. The van der Waals surface area contributed by atoms with Crippen LogP contribution >= 0.6 is 0 Å². The number of nitrogens with one attached hydrogen (secondary N) is 2. The van der Waals surface area contributed by atoms with Gasteiger partial charge in [0.2, 0.25) is 0 Å². The molecule has 3 heterocycles. The summed E-state index contributed by atoms with van der Waals surface area (Å²) in [5, 5.41) is 5.02. The molecule has 8 aromatic rings. The van der Waals surface area contributed by atoms with Crippen molar-refractivity contribution in [2.24, 2.45) is 0 Å². The quantitative estimate of drug-likeness (QED) is 0.117. The second-order valence-electron chi connectivity index (χ2n) is 13.1. The van der Waals surface area contributed by atoms with E-state index in [0.29, 0.717) is 30.3 Å². The first-order valence-corrected chi connectivity index (χ1v) is 17.8. The van der Waals surface area contributed by atoms with Gasteiger partial charge in [-0.05, 0) is 67.6 Å². The van der Waals surface area contributed by atoms with Crippen LogP contribution in [0.3, 0.4) is 0 Å². The van der Waals surface area contributed by atoms with Crippen molar-refractivity contribution in [3.05, 3.63) is 152 Å². The van der Waals surface area contributed by atoms with E-state index in [4.69, 9.17) is 9.47 Å². The molecule has 0 radical (unpaired) electrons. The summed E-state index contributed by atoms with van der Waals surface area (Å²) >= 11 is 0. The number of H-pyrrole nitrogens is 2. The van der Waals surface area contributed by atoms with Crippen molar-refractivity contribution >= 4 is 43.6 Å². The number of fused-ring (bicyclic) bond motifs is 6. The SMILES string of the molecule is O=c1[nH]c(=O)n(Cc2cc(OCCCCn3c4ccccc4c4ccccc43)cc(OCCCCn3c4ccccc4c4ccccc43)c2)c(=O)[nH]1. The molecule has 0 atom stereocenters. The third-order valence-electron chi connectivity index (χ3n) is 9.66. The standard InChI is InChI=1S/C42H39N5O5/c48-40-43-41(49)47(42(50)44-40)28-29-25-30(51-23-11-9-21-45-36-17-5-1-13-32(36)33-14-2-6-18-37(33)45)27-31(26-29)52-24-12-10-22-46-38-19-7-3-15-34(38)35-16-4-8-20-39(35)46/h1-8,13-20,25-27H,9-12,21-24,28H2,(H2,43,44,48,49,50). The van der Waals surface area contributed by atoms with Gasteiger partial charge >= 0.3 is 17.1 Å². The van der Waals surface area contributed by atoms with Crippen LogP contribution in [-0.4, -0.2) is 36.9 Å². The van der Waals surface area contributed by atoms with Crippen LogP contribution in [0.5, 0.6) is 11.5 Å². The van der Waals surface area contributed by atoms with Gasteiger partial charge in [-0.25, -0.2) is 19.0 Å². The van der Waals surface area contributed by atoms with Crippen molar-refractivity contribution in [3.8, 4) is 11.5 Å². The van der Waals surface area contributed by atoms with Gasteiger partial charge in [0.05, 0.1) is 19.8 Å². The van der Waals surface area contributed by atoms with Crippen LogP contribution in [-0.2, 0) is 19.6 Å². The molecule has 3 aromatic heterocycles. The van der Waals surface area contributed by atoms with Crippen molar-refractivity contribution in [1.82, 2.24) is 23.7 Å². The van der Waals surface area contributed by atoms with Gasteiger partial charge in [0.25, 0.3) is 0 Å². The van der Waals surface area contributed by atoms with Gasteiger partial charge in [-0.3, -0.25) is 9.97 Å². The zero-order chi connectivity index (χ0) is 35.4. The van der Waals surface area contributed by atoms with Crippen LogP contribution in [0.2, 0.25) is 0 Å². The maximum absolute atomic E-state index is 12.5. The summed E-state index contributed by atoms with van der Waals surface area (Å²) in [7, 11) is 0. The highest BCUT2D eigenvalue weighted by Gasteiger charge is 2.12. The lowest BCUT2D eigenvalue weighted by atomic mass is 10.2. The summed E-state index contributed by atoms with van der Waals surface area (Å²) < 4.78 is 18.2. The van der Waals surface area contributed by atoms with Crippen molar-refractivity contribution < 1.29 is 9.47 Å². The number of rotatable bonds is 14. The van der Waals surface area contributed by atoms with Crippen LogP contribution in [0.1, 0.15) is 31.2 Å². The van der Waals surface area contributed by atoms with E-state index in [2.05, 4.69) is 116 Å². The lowest BCUT2D eigenvalue weighted by Crippen LogP contribution is -2.43. The first kappa shape index (κ1) is 32.9. The topological polar surface area (TPSA) is 116 Å². The van der Waals surface area contributed by atoms with Crippen LogP contribution in [0.15, 0.2) is 130 Å². The minimum Gasteiger partial charge on any atom is -0.493 e. The van der Waals surface area contributed by atoms with E-state index in [-0.39, 0.29) is 6.54 Å². The van der Waals surface area contributed by atoms with E-state index < -0.39 is 17.1 Å². The number of unbranched alkanes of at least 4 members (excludes halogenated alkanes) is 2. The zero-order valence-electron chi connectivity index (χ0n) is 28.7. The Labute approximate surface area is 298 Å². The molecular weight excluding hydrogens is 654 g/mol. The molecule has 0 saturated heterocycles. The number of benzene rings is 5.